The van der Waals surface area contributed by atoms with Gasteiger partial charge in [0.2, 0.25) is 0 Å². The molecule has 0 radical (unpaired) electrons. The minimum absolute atomic E-state index is 0.00781. The summed E-state index contributed by atoms with van der Waals surface area (Å²) >= 11 is 0. The molecule has 0 fully saturated rings. The standard InChI is InChI=1S/C23H42O8/c1-4-6-8-10-13-30-22(26)19(3)20(23(27)31-14-11-9-7-5-2)18-21(25)29-17-16-28-15-12-24/h19-20,24H,4-18H2,1-3H3. The summed E-state index contributed by atoms with van der Waals surface area (Å²) in [7, 11) is 0. The third-order valence-corrected chi connectivity index (χ3v) is 4.88. The van der Waals surface area contributed by atoms with Gasteiger partial charge in [-0.25, -0.2) is 0 Å². The predicted molar refractivity (Wildman–Crippen MR) is 116 cm³/mol. The van der Waals surface area contributed by atoms with Crippen LogP contribution in [0.5, 0.6) is 0 Å². The van der Waals surface area contributed by atoms with Crippen LogP contribution in [0.15, 0.2) is 0 Å². The Morgan fingerprint density at radius 1 is 0.710 bits per heavy atom. The molecule has 0 aliphatic carbocycles. The van der Waals surface area contributed by atoms with Gasteiger partial charge in [0, 0.05) is 0 Å². The predicted octanol–water partition coefficient (Wildman–Crippen LogP) is 3.43. The maximum atomic E-state index is 12.6. The Hall–Kier alpha value is -1.67. The molecule has 0 aromatic carbocycles. The first-order valence-electron chi connectivity index (χ1n) is 11.6. The van der Waals surface area contributed by atoms with E-state index in [1.54, 1.807) is 6.92 Å². The van der Waals surface area contributed by atoms with Crippen molar-refractivity contribution < 1.29 is 38.4 Å². The molecule has 0 saturated heterocycles. The second kappa shape index (κ2) is 20.2. The first-order chi connectivity index (χ1) is 15.0. The van der Waals surface area contributed by atoms with Crippen molar-refractivity contribution in [2.24, 2.45) is 11.8 Å². The fourth-order valence-corrected chi connectivity index (χ4v) is 2.89. The van der Waals surface area contributed by atoms with Crippen molar-refractivity contribution in [2.75, 3.05) is 39.6 Å². The number of aliphatic hydroxyl groups excluding tert-OH is 1. The molecule has 2 unspecified atom stereocenters. The number of carbonyl (C=O) groups is 3. The quantitative estimate of drug-likeness (QED) is 0.172. The highest BCUT2D eigenvalue weighted by Crippen LogP contribution is 2.21. The van der Waals surface area contributed by atoms with E-state index in [2.05, 4.69) is 13.8 Å². The van der Waals surface area contributed by atoms with Crippen LogP contribution >= 0.6 is 0 Å². The first kappa shape index (κ1) is 29.3. The van der Waals surface area contributed by atoms with Crippen LogP contribution in [0, 0.1) is 11.8 Å². The molecule has 0 amide bonds. The largest absolute Gasteiger partial charge is 0.465 e. The number of carbonyl (C=O) groups excluding carboxylic acids is 3. The van der Waals surface area contributed by atoms with Crippen molar-refractivity contribution in [1.82, 2.24) is 0 Å². The van der Waals surface area contributed by atoms with Crippen LogP contribution in [0.3, 0.4) is 0 Å². The zero-order chi connectivity index (χ0) is 23.3. The fraction of sp³-hybridized carbons (Fsp3) is 0.870. The minimum atomic E-state index is -0.958. The number of hydrogen-bond donors (Lipinski definition) is 1. The molecule has 31 heavy (non-hydrogen) atoms. The molecule has 0 aliphatic rings. The van der Waals surface area contributed by atoms with Gasteiger partial charge in [0.1, 0.15) is 6.61 Å². The van der Waals surface area contributed by atoms with Crippen LogP contribution in [0.4, 0.5) is 0 Å². The van der Waals surface area contributed by atoms with Crippen LogP contribution in [-0.4, -0.2) is 62.7 Å². The van der Waals surface area contributed by atoms with Gasteiger partial charge in [0.05, 0.1) is 51.3 Å². The molecule has 8 heteroatoms. The summed E-state index contributed by atoms with van der Waals surface area (Å²) in [5.41, 5.74) is 0. The van der Waals surface area contributed by atoms with E-state index in [9.17, 15) is 14.4 Å². The monoisotopic (exact) mass is 446 g/mol. The van der Waals surface area contributed by atoms with Crippen LogP contribution in [0.2, 0.25) is 0 Å². The highest BCUT2D eigenvalue weighted by Gasteiger charge is 2.35. The maximum Gasteiger partial charge on any atom is 0.310 e. The molecule has 0 bridgehead atoms. The van der Waals surface area contributed by atoms with Gasteiger partial charge in [-0.05, 0) is 12.8 Å². The number of unbranched alkanes of at least 4 members (excludes halogenated alkanes) is 6. The number of esters is 3. The summed E-state index contributed by atoms with van der Waals surface area (Å²) in [5, 5.41) is 8.66. The van der Waals surface area contributed by atoms with Crippen LogP contribution in [-0.2, 0) is 33.3 Å². The second-order valence-electron chi connectivity index (χ2n) is 7.61. The Morgan fingerprint density at radius 2 is 1.29 bits per heavy atom. The summed E-state index contributed by atoms with van der Waals surface area (Å²) in [6.45, 7) is 6.54. The number of hydrogen-bond acceptors (Lipinski definition) is 8. The van der Waals surface area contributed by atoms with Gasteiger partial charge < -0.3 is 24.1 Å². The van der Waals surface area contributed by atoms with E-state index in [1.807, 2.05) is 0 Å². The van der Waals surface area contributed by atoms with Crippen molar-refractivity contribution in [3.8, 4) is 0 Å². The molecule has 0 saturated carbocycles. The van der Waals surface area contributed by atoms with E-state index in [0.717, 1.165) is 51.4 Å². The van der Waals surface area contributed by atoms with Gasteiger partial charge in [-0.1, -0.05) is 59.3 Å². The minimum Gasteiger partial charge on any atom is -0.465 e. The van der Waals surface area contributed by atoms with Crippen molar-refractivity contribution in [2.45, 2.75) is 78.6 Å². The Balaban J connectivity index is 4.69. The van der Waals surface area contributed by atoms with Gasteiger partial charge in [0.15, 0.2) is 0 Å². The van der Waals surface area contributed by atoms with Gasteiger partial charge in [-0.15, -0.1) is 0 Å². The molecular weight excluding hydrogens is 404 g/mol. The Kier molecular flexibility index (Phi) is 19.2. The van der Waals surface area contributed by atoms with Crippen molar-refractivity contribution in [3.63, 3.8) is 0 Å². The van der Waals surface area contributed by atoms with Gasteiger partial charge >= 0.3 is 17.9 Å². The third kappa shape index (κ3) is 15.7. The number of ether oxygens (including phenoxy) is 4. The third-order valence-electron chi connectivity index (χ3n) is 4.88. The van der Waals surface area contributed by atoms with Crippen LogP contribution in [0.1, 0.15) is 78.6 Å². The normalized spacial score (nSPS) is 12.8. The summed E-state index contributed by atoms with van der Waals surface area (Å²) in [4.78, 5) is 37.2. The van der Waals surface area contributed by atoms with Gasteiger partial charge in [-0.2, -0.15) is 0 Å². The second-order valence-corrected chi connectivity index (χ2v) is 7.61. The Morgan fingerprint density at radius 3 is 1.84 bits per heavy atom. The molecule has 1 N–H and O–H groups in total. The lowest BCUT2D eigenvalue weighted by molar-refractivity contribution is -0.164. The molecule has 0 aromatic rings. The molecule has 182 valence electrons. The van der Waals surface area contributed by atoms with E-state index >= 15 is 0 Å². The molecule has 0 spiro atoms. The van der Waals surface area contributed by atoms with Gasteiger partial charge in [-0.3, -0.25) is 14.4 Å². The smallest absolute Gasteiger partial charge is 0.310 e. The summed E-state index contributed by atoms with van der Waals surface area (Å²) in [5.74, 6) is -3.47. The highest BCUT2D eigenvalue weighted by molar-refractivity contribution is 5.85. The lowest BCUT2D eigenvalue weighted by Gasteiger charge is -2.21. The zero-order valence-electron chi connectivity index (χ0n) is 19.6. The van der Waals surface area contributed by atoms with Crippen molar-refractivity contribution >= 4 is 17.9 Å². The summed E-state index contributed by atoms with van der Waals surface area (Å²) in [6.07, 6.45) is 7.49. The SMILES string of the molecule is CCCCCCOC(=O)C(C)C(CC(=O)OCCOCCO)C(=O)OCCCCCC. The molecule has 0 heterocycles. The van der Waals surface area contributed by atoms with Crippen molar-refractivity contribution in [3.05, 3.63) is 0 Å². The number of aliphatic hydroxyl groups is 1. The highest BCUT2D eigenvalue weighted by atomic mass is 16.6. The molecule has 0 rings (SSSR count). The average Bonchev–Trinajstić information content (AvgIpc) is 2.76. The van der Waals surface area contributed by atoms with E-state index < -0.39 is 29.7 Å². The van der Waals surface area contributed by atoms with Crippen LogP contribution < -0.4 is 0 Å². The molecular formula is C23H42O8. The van der Waals surface area contributed by atoms with E-state index in [0.29, 0.717) is 6.61 Å². The van der Waals surface area contributed by atoms with Crippen LogP contribution in [0.25, 0.3) is 0 Å². The average molecular weight is 447 g/mol. The Labute approximate surface area is 187 Å². The molecule has 8 nitrogen and oxygen atoms in total. The van der Waals surface area contributed by atoms with Crippen molar-refractivity contribution in [1.29, 1.82) is 0 Å². The zero-order valence-corrected chi connectivity index (χ0v) is 19.6. The molecule has 0 aliphatic heterocycles. The van der Waals surface area contributed by atoms with E-state index in [-0.39, 0.29) is 39.5 Å². The number of rotatable bonds is 20. The van der Waals surface area contributed by atoms with E-state index in [4.69, 9.17) is 24.1 Å². The summed E-state index contributed by atoms with van der Waals surface area (Å²) in [6, 6.07) is 0. The first-order valence-corrected chi connectivity index (χ1v) is 11.6. The Bertz CT molecular complexity index is 480. The van der Waals surface area contributed by atoms with E-state index in [1.165, 1.54) is 0 Å². The summed E-state index contributed by atoms with van der Waals surface area (Å²) < 4.78 is 20.7. The topological polar surface area (TPSA) is 108 Å². The molecule has 2 atom stereocenters. The molecule has 0 aromatic heterocycles. The fourth-order valence-electron chi connectivity index (χ4n) is 2.89. The van der Waals surface area contributed by atoms with Gasteiger partial charge in [0.25, 0.3) is 0 Å². The lowest BCUT2D eigenvalue weighted by Crippen LogP contribution is -2.33. The maximum absolute atomic E-state index is 12.6. The lowest BCUT2D eigenvalue weighted by atomic mass is 9.91.